The van der Waals surface area contributed by atoms with Gasteiger partial charge in [0.15, 0.2) is 0 Å². The van der Waals surface area contributed by atoms with Crippen LogP contribution in [0.1, 0.15) is 5.56 Å². The van der Waals surface area contributed by atoms with E-state index >= 15 is 0 Å². The minimum absolute atomic E-state index is 0.0424. The van der Waals surface area contributed by atoms with E-state index in [1.807, 2.05) is 0 Å². The maximum atomic E-state index is 12.5. The summed E-state index contributed by atoms with van der Waals surface area (Å²) in [4.78, 5) is 3.75. The van der Waals surface area contributed by atoms with Gasteiger partial charge in [0.25, 0.3) is 0 Å². The molecule has 0 spiro atoms. The summed E-state index contributed by atoms with van der Waals surface area (Å²) in [6.07, 6.45) is 2.65. The molecule has 1 aromatic heterocycles. The molecule has 0 radical (unpaired) electrons. The molecule has 2 aromatic rings. The molecule has 0 unspecified atom stereocenters. The molecule has 0 saturated heterocycles. The Labute approximate surface area is 138 Å². The smallest absolute Gasteiger partial charge is 0.246 e. The topological polar surface area (TPSA) is 50.3 Å². The van der Waals surface area contributed by atoms with Crippen molar-refractivity contribution in [3.63, 3.8) is 0 Å². The minimum atomic E-state index is -3.75. The number of nitrogens with zero attached hydrogens (tertiary/aromatic N) is 2. The number of halogens is 3. The SMILES string of the molecule is CN(Cc1ccc(Cl)cc1Cl)S(=O)(=O)c1cnccc1Cl. The molecule has 2 rings (SSSR count). The van der Waals surface area contributed by atoms with Crippen LogP contribution in [0.15, 0.2) is 41.6 Å². The highest BCUT2D eigenvalue weighted by Crippen LogP contribution is 2.26. The third-order valence-corrected chi connectivity index (χ3v) is 5.69. The quantitative estimate of drug-likeness (QED) is 0.826. The van der Waals surface area contributed by atoms with Gasteiger partial charge in [-0.15, -0.1) is 0 Å². The lowest BCUT2D eigenvalue weighted by atomic mass is 10.2. The summed E-state index contributed by atoms with van der Waals surface area (Å²) in [6.45, 7) is 0.101. The predicted octanol–water partition coefficient (Wildman–Crippen LogP) is 3.86. The average molecular weight is 366 g/mol. The van der Waals surface area contributed by atoms with Crippen LogP contribution in [-0.2, 0) is 16.6 Å². The van der Waals surface area contributed by atoms with Crippen molar-refractivity contribution >= 4 is 44.8 Å². The van der Waals surface area contributed by atoms with Gasteiger partial charge >= 0.3 is 0 Å². The first kappa shape index (κ1) is 16.5. The number of benzene rings is 1. The third-order valence-electron chi connectivity index (χ3n) is 2.83. The summed E-state index contributed by atoms with van der Waals surface area (Å²) < 4.78 is 26.1. The number of hydrogen-bond acceptors (Lipinski definition) is 3. The zero-order valence-electron chi connectivity index (χ0n) is 10.9. The van der Waals surface area contributed by atoms with E-state index < -0.39 is 10.0 Å². The second kappa shape index (κ2) is 6.50. The number of pyridine rings is 1. The Balaban J connectivity index is 2.31. The molecule has 0 atom stereocenters. The second-order valence-electron chi connectivity index (χ2n) is 4.30. The Hall–Kier alpha value is -0.850. The number of aromatic nitrogens is 1. The molecular formula is C13H11Cl3N2O2S. The van der Waals surface area contributed by atoms with Crippen LogP contribution >= 0.6 is 34.8 Å². The van der Waals surface area contributed by atoms with Crippen molar-refractivity contribution in [1.82, 2.24) is 9.29 Å². The van der Waals surface area contributed by atoms with Crippen molar-refractivity contribution in [3.8, 4) is 0 Å². The highest BCUT2D eigenvalue weighted by atomic mass is 35.5. The highest BCUT2D eigenvalue weighted by Gasteiger charge is 2.24. The first-order valence-corrected chi connectivity index (χ1v) is 8.39. The van der Waals surface area contributed by atoms with E-state index in [1.54, 1.807) is 18.2 Å². The van der Waals surface area contributed by atoms with Gasteiger partial charge in [-0.25, -0.2) is 8.42 Å². The lowest BCUT2D eigenvalue weighted by Gasteiger charge is -2.18. The first-order chi connectivity index (χ1) is 9.82. The van der Waals surface area contributed by atoms with Gasteiger partial charge in [0.05, 0.1) is 5.02 Å². The molecular weight excluding hydrogens is 355 g/mol. The maximum Gasteiger partial charge on any atom is 0.246 e. The zero-order valence-corrected chi connectivity index (χ0v) is 14.0. The van der Waals surface area contributed by atoms with Gasteiger partial charge in [0, 0.05) is 36.0 Å². The fraction of sp³-hybridized carbons (Fsp3) is 0.154. The lowest BCUT2D eigenvalue weighted by molar-refractivity contribution is 0.466. The molecule has 112 valence electrons. The van der Waals surface area contributed by atoms with E-state index in [0.29, 0.717) is 15.6 Å². The highest BCUT2D eigenvalue weighted by molar-refractivity contribution is 7.89. The van der Waals surface area contributed by atoms with E-state index in [-0.39, 0.29) is 16.5 Å². The molecule has 0 aliphatic carbocycles. The molecule has 0 bridgehead atoms. The van der Waals surface area contributed by atoms with Gasteiger partial charge in [-0.1, -0.05) is 40.9 Å². The van der Waals surface area contributed by atoms with E-state index in [9.17, 15) is 8.42 Å². The van der Waals surface area contributed by atoms with Crippen molar-refractivity contribution in [3.05, 3.63) is 57.3 Å². The van der Waals surface area contributed by atoms with Crippen LogP contribution in [0, 0.1) is 0 Å². The summed E-state index contributed by atoms with van der Waals surface area (Å²) >= 11 is 17.8. The minimum Gasteiger partial charge on any atom is -0.263 e. The van der Waals surface area contributed by atoms with Crippen molar-refractivity contribution in [2.75, 3.05) is 7.05 Å². The van der Waals surface area contributed by atoms with Crippen molar-refractivity contribution in [1.29, 1.82) is 0 Å². The fourth-order valence-electron chi connectivity index (χ4n) is 1.70. The van der Waals surface area contributed by atoms with Crippen LogP contribution in [0.25, 0.3) is 0 Å². The molecule has 1 aromatic carbocycles. The molecule has 0 aliphatic rings. The molecule has 0 fully saturated rings. The van der Waals surface area contributed by atoms with Gasteiger partial charge in [0.2, 0.25) is 10.0 Å². The summed E-state index contributed by atoms with van der Waals surface area (Å²) in [5.41, 5.74) is 0.646. The van der Waals surface area contributed by atoms with E-state index in [4.69, 9.17) is 34.8 Å². The standard InChI is InChI=1S/C13H11Cl3N2O2S/c1-18(8-9-2-3-10(14)6-12(9)16)21(19,20)13-7-17-5-4-11(13)15/h2-7H,8H2,1H3. The first-order valence-electron chi connectivity index (χ1n) is 5.82. The Morgan fingerprint density at radius 2 is 1.86 bits per heavy atom. The van der Waals surface area contributed by atoms with Gasteiger partial charge in [-0.2, -0.15) is 4.31 Å². The van der Waals surface area contributed by atoms with Crippen molar-refractivity contribution in [2.24, 2.45) is 0 Å². The molecule has 4 nitrogen and oxygen atoms in total. The van der Waals surface area contributed by atoms with E-state index in [2.05, 4.69) is 4.98 Å². The predicted molar refractivity (Wildman–Crippen MR) is 84.4 cm³/mol. The number of sulfonamides is 1. The normalized spacial score (nSPS) is 11.9. The summed E-state index contributed by atoms with van der Waals surface area (Å²) in [7, 11) is -2.30. The van der Waals surface area contributed by atoms with Gasteiger partial charge < -0.3 is 0 Å². The van der Waals surface area contributed by atoms with Gasteiger partial charge in [-0.3, -0.25) is 4.98 Å². The largest absolute Gasteiger partial charge is 0.263 e. The van der Waals surface area contributed by atoms with Crippen LogP contribution in [0.2, 0.25) is 15.1 Å². The summed E-state index contributed by atoms with van der Waals surface area (Å²) in [5.74, 6) is 0. The summed E-state index contributed by atoms with van der Waals surface area (Å²) in [6, 6.07) is 6.33. The Bertz CT molecular complexity index is 766. The maximum absolute atomic E-state index is 12.5. The molecule has 8 heteroatoms. The lowest BCUT2D eigenvalue weighted by Crippen LogP contribution is -2.27. The monoisotopic (exact) mass is 364 g/mol. The van der Waals surface area contributed by atoms with Crippen LogP contribution < -0.4 is 0 Å². The molecule has 0 amide bonds. The number of rotatable bonds is 4. The van der Waals surface area contributed by atoms with Crippen LogP contribution in [0.3, 0.4) is 0 Å². The number of hydrogen-bond donors (Lipinski definition) is 0. The van der Waals surface area contributed by atoms with E-state index in [0.717, 1.165) is 4.31 Å². The van der Waals surface area contributed by atoms with Gasteiger partial charge in [-0.05, 0) is 23.8 Å². The van der Waals surface area contributed by atoms with Crippen LogP contribution in [0.4, 0.5) is 0 Å². The van der Waals surface area contributed by atoms with E-state index in [1.165, 1.54) is 25.5 Å². The molecule has 1 heterocycles. The van der Waals surface area contributed by atoms with Crippen molar-refractivity contribution < 1.29 is 8.42 Å². The molecule has 0 aliphatic heterocycles. The van der Waals surface area contributed by atoms with Crippen molar-refractivity contribution in [2.45, 2.75) is 11.4 Å². The van der Waals surface area contributed by atoms with Gasteiger partial charge in [0.1, 0.15) is 4.90 Å². The molecule has 0 saturated carbocycles. The molecule has 0 N–H and O–H groups in total. The van der Waals surface area contributed by atoms with Crippen LogP contribution in [0.5, 0.6) is 0 Å². The Morgan fingerprint density at radius 3 is 2.48 bits per heavy atom. The fourth-order valence-corrected chi connectivity index (χ4v) is 3.71. The average Bonchev–Trinajstić information content (AvgIpc) is 2.42. The molecule has 21 heavy (non-hydrogen) atoms. The van der Waals surface area contributed by atoms with Crippen LogP contribution in [-0.4, -0.2) is 24.8 Å². The second-order valence-corrected chi connectivity index (χ2v) is 7.57. The Kier molecular flexibility index (Phi) is 5.11. The zero-order chi connectivity index (χ0) is 15.6. The Morgan fingerprint density at radius 1 is 1.14 bits per heavy atom. The summed E-state index contributed by atoms with van der Waals surface area (Å²) in [5, 5.41) is 1.02. The third kappa shape index (κ3) is 3.67.